The summed E-state index contributed by atoms with van der Waals surface area (Å²) in [6.45, 7) is 0. The topological polar surface area (TPSA) is 85.9 Å². The van der Waals surface area contributed by atoms with Gasteiger partial charge in [0.05, 0.1) is 13.5 Å². The maximum absolute atomic E-state index is 11.1. The Bertz CT molecular complexity index is 508. The Kier molecular flexibility index (Phi) is 4.15. The smallest absolute Gasteiger partial charge is 0.309 e. The van der Waals surface area contributed by atoms with Crippen molar-refractivity contribution >= 4 is 12.2 Å². The van der Waals surface area contributed by atoms with Crippen molar-refractivity contribution in [3.63, 3.8) is 0 Å². The fourth-order valence-corrected chi connectivity index (χ4v) is 1.54. The van der Waals surface area contributed by atoms with Gasteiger partial charge in [0.15, 0.2) is 12.2 Å². The summed E-state index contributed by atoms with van der Waals surface area (Å²) in [6.07, 6.45) is 3.03. The molecule has 1 heterocycles. The van der Waals surface area contributed by atoms with E-state index in [2.05, 4.69) is 15.0 Å². The minimum absolute atomic E-state index is 0.245. The standard InChI is InChI=1S/C13H15N3O3/c1-18-12(17)8-9-2-4-10(5-3-9)19-11-6-7-15-13(14)16-11/h2-7,13,16H,8,14H2,1H3. The summed E-state index contributed by atoms with van der Waals surface area (Å²) in [4.78, 5) is 15.0. The Morgan fingerprint density at radius 2 is 2.16 bits per heavy atom. The van der Waals surface area contributed by atoms with Crippen molar-refractivity contribution in [1.82, 2.24) is 5.32 Å². The molecule has 0 aromatic heterocycles. The van der Waals surface area contributed by atoms with Crippen LogP contribution in [-0.4, -0.2) is 25.6 Å². The van der Waals surface area contributed by atoms with Crippen molar-refractivity contribution in [2.45, 2.75) is 12.7 Å². The highest BCUT2D eigenvalue weighted by Crippen LogP contribution is 2.15. The normalized spacial score (nSPS) is 17.4. The molecule has 0 radical (unpaired) electrons. The van der Waals surface area contributed by atoms with E-state index in [1.165, 1.54) is 7.11 Å². The van der Waals surface area contributed by atoms with Crippen LogP contribution in [0.4, 0.5) is 0 Å². The van der Waals surface area contributed by atoms with Crippen LogP contribution in [0.3, 0.4) is 0 Å². The lowest BCUT2D eigenvalue weighted by Crippen LogP contribution is -2.38. The summed E-state index contributed by atoms with van der Waals surface area (Å²) >= 11 is 0. The van der Waals surface area contributed by atoms with Gasteiger partial charge in [0.1, 0.15) is 5.75 Å². The largest absolute Gasteiger partial charge is 0.469 e. The van der Waals surface area contributed by atoms with Gasteiger partial charge in [0.2, 0.25) is 0 Å². The first-order chi connectivity index (χ1) is 9.17. The molecule has 2 rings (SSSR count). The van der Waals surface area contributed by atoms with E-state index in [1.54, 1.807) is 24.4 Å². The maximum Gasteiger partial charge on any atom is 0.309 e. The maximum atomic E-state index is 11.1. The first-order valence-corrected chi connectivity index (χ1v) is 5.76. The van der Waals surface area contributed by atoms with Gasteiger partial charge in [-0.25, -0.2) is 0 Å². The molecule has 100 valence electrons. The van der Waals surface area contributed by atoms with Gasteiger partial charge in [-0.1, -0.05) is 12.1 Å². The average Bonchev–Trinajstić information content (AvgIpc) is 2.41. The molecule has 1 aromatic rings. The fourth-order valence-electron chi connectivity index (χ4n) is 1.54. The van der Waals surface area contributed by atoms with E-state index >= 15 is 0 Å². The van der Waals surface area contributed by atoms with Crippen molar-refractivity contribution in [1.29, 1.82) is 0 Å². The molecule has 1 aliphatic rings. The van der Waals surface area contributed by atoms with Crippen LogP contribution in [0.15, 0.2) is 41.2 Å². The second-order valence-electron chi connectivity index (χ2n) is 3.92. The summed E-state index contributed by atoms with van der Waals surface area (Å²) < 4.78 is 10.2. The van der Waals surface area contributed by atoms with Crippen LogP contribution in [0, 0.1) is 0 Å². The number of ether oxygens (including phenoxy) is 2. The third kappa shape index (κ3) is 3.82. The zero-order valence-electron chi connectivity index (χ0n) is 10.5. The van der Waals surface area contributed by atoms with Crippen molar-refractivity contribution in [3.05, 3.63) is 41.8 Å². The molecular weight excluding hydrogens is 246 g/mol. The summed E-state index contributed by atoms with van der Waals surface area (Å²) in [5.41, 5.74) is 6.46. The van der Waals surface area contributed by atoms with E-state index in [9.17, 15) is 4.79 Å². The molecule has 0 saturated carbocycles. The lowest BCUT2D eigenvalue weighted by Gasteiger charge is -2.17. The van der Waals surface area contributed by atoms with E-state index < -0.39 is 6.29 Å². The quantitative estimate of drug-likeness (QED) is 0.772. The van der Waals surface area contributed by atoms with Crippen LogP contribution in [0.5, 0.6) is 5.75 Å². The van der Waals surface area contributed by atoms with Gasteiger partial charge in [0, 0.05) is 12.3 Å². The minimum Gasteiger partial charge on any atom is -0.469 e. The Labute approximate surface area is 110 Å². The van der Waals surface area contributed by atoms with Crippen LogP contribution < -0.4 is 15.8 Å². The number of nitrogens with one attached hydrogen (secondary N) is 1. The molecule has 0 aliphatic carbocycles. The zero-order valence-corrected chi connectivity index (χ0v) is 10.5. The number of benzene rings is 1. The predicted molar refractivity (Wildman–Crippen MR) is 70.5 cm³/mol. The number of allylic oxidation sites excluding steroid dienone is 1. The number of carbonyl (C=O) groups excluding carboxylic acids is 1. The summed E-state index contributed by atoms with van der Waals surface area (Å²) in [5.74, 6) is 0.908. The molecule has 0 spiro atoms. The van der Waals surface area contributed by atoms with Gasteiger partial charge in [-0.3, -0.25) is 15.5 Å². The van der Waals surface area contributed by atoms with E-state index in [1.807, 2.05) is 12.1 Å². The number of nitrogens with two attached hydrogens (primary N) is 1. The number of hydrogen-bond donors (Lipinski definition) is 2. The second-order valence-corrected chi connectivity index (χ2v) is 3.92. The van der Waals surface area contributed by atoms with Gasteiger partial charge >= 0.3 is 5.97 Å². The highest BCUT2D eigenvalue weighted by Gasteiger charge is 2.08. The molecule has 0 saturated heterocycles. The summed E-state index contributed by atoms with van der Waals surface area (Å²) in [6, 6.07) is 7.17. The third-order valence-corrected chi connectivity index (χ3v) is 2.49. The van der Waals surface area contributed by atoms with Crippen LogP contribution in [0.25, 0.3) is 0 Å². The number of carbonyl (C=O) groups is 1. The van der Waals surface area contributed by atoms with Crippen molar-refractivity contribution in [3.8, 4) is 5.75 Å². The molecule has 1 unspecified atom stereocenters. The first kappa shape index (κ1) is 13.1. The Balaban J connectivity index is 1.97. The Morgan fingerprint density at radius 1 is 1.42 bits per heavy atom. The van der Waals surface area contributed by atoms with Crippen molar-refractivity contribution < 1.29 is 14.3 Å². The molecule has 6 heteroatoms. The zero-order chi connectivity index (χ0) is 13.7. The Morgan fingerprint density at radius 3 is 2.79 bits per heavy atom. The highest BCUT2D eigenvalue weighted by molar-refractivity contribution is 5.73. The molecule has 0 amide bonds. The fraction of sp³-hybridized carbons (Fsp3) is 0.231. The molecule has 0 fully saturated rings. The van der Waals surface area contributed by atoms with Crippen molar-refractivity contribution in [2.75, 3.05) is 7.11 Å². The van der Waals surface area contributed by atoms with E-state index in [-0.39, 0.29) is 12.4 Å². The van der Waals surface area contributed by atoms with Crippen LogP contribution in [0.2, 0.25) is 0 Å². The number of aliphatic imine (C=N–C) groups is 1. The molecule has 3 N–H and O–H groups in total. The Hall–Kier alpha value is -2.34. The first-order valence-electron chi connectivity index (χ1n) is 5.76. The van der Waals surface area contributed by atoms with E-state index in [4.69, 9.17) is 10.5 Å². The van der Waals surface area contributed by atoms with Gasteiger partial charge in [0.25, 0.3) is 0 Å². The molecule has 19 heavy (non-hydrogen) atoms. The van der Waals surface area contributed by atoms with Gasteiger partial charge in [-0.2, -0.15) is 0 Å². The molecule has 1 aliphatic heterocycles. The lowest BCUT2D eigenvalue weighted by molar-refractivity contribution is -0.139. The molecule has 6 nitrogen and oxygen atoms in total. The number of rotatable bonds is 4. The predicted octanol–water partition coefficient (Wildman–Crippen LogP) is 0.539. The van der Waals surface area contributed by atoms with Crippen LogP contribution in [0.1, 0.15) is 5.56 Å². The number of methoxy groups -OCH3 is 1. The third-order valence-electron chi connectivity index (χ3n) is 2.49. The molecule has 0 bridgehead atoms. The lowest BCUT2D eigenvalue weighted by atomic mass is 10.1. The molecule has 1 atom stereocenters. The van der Waals surface area contributed by atoms with Crippen LogP contribution >= 0.6 is 0 Å². The molecule has 1 aromatic carbocycles. The van der Waals surface area contributed by atoms with Crippen molar-refractivity contribution in [2.24, 2.45) is 10.7 Å². The van der Waals surface area contributed by atoms with E-state index in [0.29, 0.717) is 11.6 Å². The number of hydrogen-bond acceptors (Lipinski definition) is 6. The minimum atomic E-state index is -0.487. The number of esters is 1. The highest BCUT2D eigenvalue weighted by atomic mass is 16.5. The van der Waals surface area contributed by atoms with Gasteiger partial charge in [-0.05, 0) is 17.7 Å². The van der Waals surface area contributed by atoms with E-state index in [0.717, 1.165) is 5.56 Å². The van der Waals surface area contributed by atoms with Crippen LogP contribution in [-0.2, 0) is 16.0 Å². The second kappa shape index (κ2) is 6.01. The van der Waals surface area contributed by atoms with Gasteiger partial charge < -0.3 is 14.8 Å². The SMILES string of the molecule is COC(=O)Cc1ccc(OC2=CC=NC(N)N2)cc1. The summed E-state index contributed by atoms with van der Waals surface area (Å²) in [5, 5.41) is 2.87. The molecular formula is C13H15N3O3. The number of nitrogens with zero attached hydrogens (tertiary/aromatic N) is 1. The van der Waals surface area contributed by atoms with Gasteiger partial charge in [-0.15, -0.1) is 0 Å². The average molecular weight is 261 g/mol. The monoisotopic (exact) mass is 261 g/mol. The summed E-state index contributed by atoms with van der Waals surface area (Å²) in [7, 11) is 1.37.